The zero-order valence-electron chi connectivity index (χ0n) is 25.1. The van der Waals surface area contributed by atoms with Crippen molar-refractivity contribution >= 4 is 53.5 Å². The van der Waals surface area contributed by atoms with Crippen molar-refractivity contribution in [2.45, 2.75) is 70.6 Å². The lowest BCUT2D eigenvalue weighted by Crippen LogP contribution is -2.44. The van der Waals surface area contributed by atoms with Crippen molar-refractivity contribution in [2.75, 3.05) is 20.3 Å². The van der Waals surface area contributed by atoms with Gasteiger partial charge in [-0.25, -0.2) is 0 Å². The van der Waals surface area contributed by atoms with Crippen molar-refractivity contribution in [3.05, 3.63) is 79.5 Å². The van der Waals surface area contributed by atoms with Crippen LogP contribution in [0.3, 0.4) is 0 Å². The summed E-state index contributed by atoms with van der Waals surface area (Å²) in [5.41, 5.74) is 3.55. The normalized spacial score (nSPS) is 20.3. The van der Waals surface area contributed by atoms with Crippen LogP contribution in [0.1, 0.15) is 71.3 Å². The number of ether oxygens (including phenoxy) is 1. The van der Waals surface area contributed by atoms with Crippen LogP contribution in [0.2, 0.25) is 0 Å². The third kappa shape index (κ3) is 6.44. The number of rotatable bonds is 8. The Kier molecular flexibility index (Phi) is 8.90. The fraction of sp³-hybridized carbons (Fsp3) is 0.455. The first-order chi connectivity index (χ1) is 20.1. The number of nitrogens with zero attached hydrogens (tertiary/aromatic N) is 1. The van der Waals surface area contributed by atoms with Gasteiger partial charge in [-0.1, -0.05) is 45.9 Å². The minimum absolute atomic E-state index is 0.0363. The summed E-state index contributed by atoms with van der Waals surface area (Å²) in [6, 6.07) is 11.5. The van der Waals surface area contributed by atoms with Crippen LogP contribution < -0.4 is 4.18 Å². The molecule has 43 heavy (non-hydrogen) atoms. The quantitative estimate of drug-likeness (QED) is 0.203. The number of carbonyl (C=O) groups is 2. The number of Topliss-reactive ketones (excluding diaryl/α,β-unsaturated/α-hetero) is 2. The zero-order valence-corrected chi connectivity index (χ0v) is 29.1. The van der Waals surface area contributed by atoms with E-state index in [0.29, 0.717) is 58.9 Å². The average Bonchev–Trinajstić information content (AvgIpc) is 2.90. The molecule has 2 aromatic rings. The molecular formula is C33H37Br2NO6S. The van der Waals surface area contributed by atoms with Gasteiger partial charge in [0.2, 0.25) is 0 Å². The molecule has 0 spiro atoms. The number of ketones is 2. The number of benzene rings is 2. The SMILES string of the molecule is COCCCN1C2=C(C(=O)CC(C)(C)C2)C(c2cc(Br)c(OS(=O)(=O)c3ccccc3)c(Br)c2)C2=C1CC(C)(C)CC2=O. The van der Waals surface area contributed by atoms with Crippen LogP contribution in [0.5, 0.6) is 5.75 Å². The first kappa shape index (κ1) is 32.1. The summed E-state index contributed by atoms with van der Waals surface area (Å²) in [5.74, 6) is -0.392. The Bertz CT molecular complexity index is 1570. The van der Waals surface area contributed by atoms with E-state index < -0.39 is 16.0 Å². The molecule has 7 nitrogen and oxygen atoms in total. The Morgan fingerprint density at radius 1 is 0.860 bits per heavy atom. The lowest BCUT2D eigenvalue weighted by atomic mass is 9.63. The molecular weight excluding hydrogens is 698 g/mol. The van der Waals surface area contributed by atoms with Gasteiger partial charge < -0.3 is 13.8 Å². The number of halogens is 2. The van der Waals surface area contributed by atoms with Gasteiger partial charge in [0, 0.05) is 61.6 Å². The summed E-state index contributed by atoms with van der Waals surface area (Å²) in [6.07, 6.45) is 2.95. The second kappa shape index (κ2) is 11.9. The molecule has 0 saturated heterocycles. The molecule has 0 unspecified atom stereocenters. The van der Waals surface area contributed by atoms with Crippen LogP contribution in [0.15, 0.2) is 78.8 Å². The molecule has 0 bridgehead atoms. The second-order valence-corrected chi connectivity index (χ2v) is 16.5. The molecule has 2 aliphatic carbocycles. The van der Waals surface area contributed by atoms with E-state index >= 15 is 0 Å². The van der Waals surface area contributed by atoms with Gasteiger partial charge in [-0.2, -0.15) is 8.42 Å². The van der Waals surface area contributed by atoms with E-state index in [2.05, 4.69) is 64.5 Å². The van der Waals surface area contributed by atoms with Gasteiger partial charge in [-0.3, -0.25) is 9.59 Å². The molecule has 0 N–H and O–H groups in total. The van der Waals surface area contributed by atoms with Crippen LogP contribution in [0.4, 0.5) is 0 Å². The maximum absolute atomic E-state index is 14.0. The summed E-state index contributed by atoms with van der Waals surface area (Å²) in [5, 5.41) is 0. The third-order valence-corrected chi connectivity index (χ3v) is 10.7. The molecule has 0 atom stereocenters. The Hall–Kier alpha value is -2.27. The van der Waals surface area contributed by atoms with Gasteiger partial charge in [0.05, 0.1) is 8.95 Å². The van der Waals surface area contributed by atoms with Crippen LogP contribution >= 0.6 is 31.9 Å². The lowest BCUT2D eigenvalue weighted by Gasteiger charge is -2.49. The van der Waals surface area contributed by atoms with Crippen LogP contribution in [0, 0.1) is 10.8 Å². The van der Waals surface area contributed by atoms with E-state index in [9.17, 15) is 18.0 Å². The van der Waals surface area contributed by atoms with Crippen molar-refractivity contribution in [2.24, 2.45) is 10.8 Å². The fourth-order valence-corrected chi connectivity index (χ4v) is 9.17. The highest BCUT2D eigenvalue weighted by Crippen LogP contribution is 2.55. The zero-order chi connectivity index (χ0) is 31.3. The Labute approximate surface area is 271 Å². The number of allylic oxidation sites excluding steroid dienone is 4. The number of methoxy groups -OCH3 is 1. The van der Waals surface area contributed by atoms with Crippen molar-refractivity contribution in [1.82, 2.24) is 4.90 Å². The number of hydrogen-bond acceptors (Lipinski definition) is 7. The first-order valence-corrected chi connectivity index (χ1v) is 17.4. The molecule has 1 aliphatic heterocycles. The minimum atomic E-state index is -4.10. The Balaban J connectivity index is 1.67. The maximum atomic E-state index is 14.0. The number of carbonyl (C=O) groups excluding carboxylic acids is 2. The standard InChI is InChI=1S/C33H37Br2NO6S/c1-32(2)16-24-29(26(37)18-32)28(30-25(36(24)12-9-13-41-5)17-33(3,4)19-27(30)38)20-14-22(34)31(23(35)15-20)42-43(39,40)21-10-7-6-8-11-21/h6-8,10-11,14-15,28H,9,12-13,16-19H2,1-5H3. The maximum Gasteiger partial charge on any atom is 0.339 e. The van der Waals surface area contributed by atoms with Crippen molar-refractivity contribution in [3.63, 3.8) is 0 Å². The van der Waals surface area contributed by atoms with Crippen LogP contribution in [-0.2, 0) is 24.4 Å². The molecule has 3 aliphatic rings. The van der Waals surface area contributed by atoms with Gasteiger partial charge in [0.25, 0.3) is 0 Å². The highest BCUT2D eigenvalue weighted by Gasteiger charge is 2.49. The average molecular weight is 736 g/mol. The smallest absolute Gasteiger partial charge is 0.339 e. The summed E-state index contributed by atoms with van der Waals surface area (Å²) < 4.78 is 37.8. The molecule has 0 fully saturated rings. The van der Waals surface area contributed by atoms with E-state index in [0.717, 1.165) is 23.4 Å². The van der Waals surface area contributed by atoms with E-state index in [1.165, 1.54) is 12.1 Å². The molecule has 5 rings (SSSR count). The Morgan fingerprint density at radius 3 is 1.86 bits per heavy atom. The Morgan fingerprint density at radius 2 is 1.37 bits per heavy atom. The molecule has 230 valence electrons. The van der Waals surface area contributed by atoms with Gasteiger partial charge >= 0.3 is 10.1 Å². The molecule has 0 aromatic heterocycles. The van der Waals surface area contributed by atoms with Crippen LogP contribution in [-0.4, -0.2) is 45.1 Å². The molecule has 0 saturated carbocycles. The monoisotopic (exact) mass is 733 g/mol. The summed E-state index contributed by atoms with van der Waals surface area (Å²) in [7, 11) is -2.42. The molecule has 2 aromatic carbocycles. The lowest BCUT2D eigenvalue weighted by molar-refractivity contribution is -0.119. The molecule has 0 radical (unpaired) electrons. The fourth-order valence-electron chi connectivity index (χ4n) is 6.59. The molecule has 1 heterocycles. The minimum Gasteiger partial charge on any atom is -0.385 e. The third-order valence-electron chi connectivity index (χ3n) is 8.33. The van der Waals surface area contributed by atoms with Crippen molar-refractivity contribution in [3.8, 4) is 5.75 Å². The van der Waals surface area contributed by atoms with Gasteiger partial charge in [-0.05, 0) is 91.8 Å². The predicted octanol–water partition coefficient (Wildman–Crippen LogP) is 7.70. The first-order valence-electron chi connectivity index (χ1n) is 14.4. The van der Waals surface area contributed by atoms with Crippen LogP contribution in [0.25, 0.3) is 0 Å². The highest BCUT2D eigenvalue weighted by atomic mass is 79.9. The molecule has 0 amide bonds. The largest absolute Gasteiger partial charge is 0.385 e. The van der Waals surface area contributed by atoms with E-state index in [4.69, 9.17) is 8.92 Å². The predicted molar refractivity (Wildman–Crippen MR) is 172 cm³/mol. The summed E-state index contributed by atoms with van der Waals surface area (Å²) >= 11 is 7.08. The van der Waals surface area contributed by atoms with E-state index in [1.807, 2.05) is 0 Å². The van der Waals surface area contributed by atoms with Crippen molar-refractivity contribution in [1.29, 1.82) is 0 Å². The summed E-state index contributed by atoms with van der Waals surface area (Å²) in [6.45, 7) is 9.69. The topological polar surface area (TPSA) is 90.0 Å². The van der Waals surface area contributed by atoms with Gasteiger partial charge in [-0.15, -0.1) is 0 Å². The van der Waals surface area contributed by atoms with Gasteiger partial charge in [0.1, 0.15) is 4.90 Å². The van der Waals surface area contributed by atoms with E-state index in [-0.39, 0.29) is 33.0 Å². The second-order valence-electron chi connectivity index (χ2n) is 13.2. The number of hydrogen-bond donors (Lipinski definition) is 0. The van der Waals surface area contributed by atoms with E-state index in [1.54, 1.807) is 37.4 Å². The van der Waals surface area contributed by atoms with Gasteiger partial charge in [0.15, 0.2) is 17.3 Å². The highest BCUT2D eigenvalue weighted by molar-refractivity contribution is 9.11. The molecule has 10 heteroatoms. The van der Waals surface area contributed by atoms with Crippen molar-refractivity contribution < 1.29 is 26.9 Å². The summed E-state index contributed by atoms with van der Waals surface area (Å²) in [4.78, 5) is 30.3.